The number of alkyl halides is 1. The zero-order valence-electron chi connectivity index (χ0n) is 11.4. The lowest BCUT2D eigenvalue weighted by molar-refractivity contribution is 0.0669. The highest BCUT2D eigenvalue weighted by atomic mass is 79.9. The van der Waals surface area contributed by atoms with Crippen LogP contribution in [0.15, 0.2) is 24.3 Å². The Bertz CT molecular complexity index is 398. The highest BCUT2D eigenvalue weighted by Gasteiger charge is 2.17. The molecule has 0 radical (unpaired) electrons. The van der Waals surface area contributed by atoms with E-state index in [0.717, 1.165) is 5.33 Å². The average Bonchev–Trinajstić information content (AvgIpc) is 2.46. The van der Waals surface area contributed by atoms with E-state index in [4.69, 9.17) is 9.47 Å². The smallest absolute Gasteiger partial charge is 0.257 e. The van der Waals surface area contributed by atoms with Crippen LogP contribution in [0.25, 0.3) is 0 Å². The van der Waals surface area contributed by atoms with Gasteiger partial charge in [-0.15, -0.1) is 0 Å². The predicted octanol–water partition coefficient (Wildman–Crippen LogP) is 2.57. The third-order valence-corrected chi connectivity index (χ3v) is 3.06. The van der Waals surface area contributed by atoms with Crippen molar-refractivity contribution in [2.45, 2.75) is 6.92 Å². The van der Waals surface area contributed by atoms with Gasteiger partial charge in [0.1, 0.15) is 5.75 Å². The number of ether oxygens (including phenoxy) is 2. The molecule has 0 spiro atoms. The molecule has 19 heavy (non-hydrogen) atoms. The minimum Gasteiger partial charge on any atom is -0.496 e. The lowest BCUT2D eigenvalue weighted by Gasteiger charge is -2.21. The average molecular weight is 330 g/mol. The van der Waals surface area contributed by atoms with E-state index in [1.54, 1.807) is 24.1 Å². The summed E-state index contributed by atoms with van der Waals surface area (Å²) in [5, 5.41) is 0.805. The molecule has 1 amide bonds. The first-order valence-electron chi connectivity index (χ1n) is 6.30. The summed E-state index contributed by atoms with van der Waals surface area (Å²) < 4.78 is 10.6. The van der Waals surface area contributed by atoms with E-state index in [1.807, 2.05) is 19.1 Å². The molecule has 1 aromatic carbocycles. The molecular formula is C14H20BrNO3. The number of carbonyl (C=O) groups is 1. The Hall–Kier alpha value is -1.07. The van der Waals surface area contributed by atoms with Gasteiger partial charge in [0.2, 0.25) is 0 Å². The Labute approximate surface area is 122 Å². The Balaban J connectivity index is 2.67. The van der Waals surface area contributed by atoms with Gasteiger partial charge in [0.15, 0.2) is 0 Å². The molecule has 0 unspecified atom stereocenters. The highest BCUT2D eigenvalue weighted by Crippen LogP contribution is 2.19. The number of amides is 1. The molecule has 0 fully saturated rings. The van der Waals surface area contributed by atoms with Crippen LogP contribution in [0.1, 0.15) is 17.3 Å². The van der Waals surface area contributed by atoms with Crippen molar-refractivity contribution in [2.24, 2.45) is 0 Å². The normalized spacial score (nSPS) is 10.3. The number of hydrogen-bond donors (Lipinski definition) is 0. The molecule has 0 aliphatic heterocycles. The van der Waals surface area contributed by atoms with E-state index >= 15 is 0 Å². The molecule has 106 valence electrons. The van der Waals surface area contributed by atoms with Crippen LogP contribution in [0.5, 0.6) is 5.75 Å². The molecule has 0 saturated carbocycles. The maximum absolute atomic E-state index is 12.4. The topological polar surface area (TPSA) is 38.8 Å². The lowest BCUT2D eigenvalue weighted by atomic mass is 10.1. The van der Waals surface area contributed by atoms with Gasteiger partial charge in [0.05, 0.1) is 25.9 Å². The van der Waals surface area contributed by atoms with Gasteiger partial charge in [0.25, 0.3) is 5.91 Å². The van der Waals surface area contributed by atoms with Crippen LogP contribution in [0.2, 0.25) is 0 Å². The fraction of sp³-hybridized carbons (Fsp3) is 0.500. The minimum absolute atomic E-state index is 0.0256. The molecule has 1 aromatic rings. The summed E-state index contributed by atoms with van der Waals surface area (Å²) in [6.45, 7) is 4.38. The van der Waals surface area contributed by atoms with Crippen molar-refractivity contribution in [1.29, 1.82) is 0 Å². The number of likely N-dealkylation sites (N-methyl/N-ethyl adjacent to an activating group) is 1. The van der Waals surface area contributed by atoms with Gasteiger partial charge in [0, 0.05) is 18.4 Å². The molecule has 0 aliphatic rings. The van der Waals surface area contributed by atoms with E-state index in [-0.39, 0.29) is 5.91 Å². The second-order valence-electron chi connectivity index (χ2n) is 3.89. The van der Waals surface area contributed by atoms with Crippen molar-refractivity contribution < 1.29 is 14.3 Å². The van der Waals surface area contributed by atoms with Crippen molar-refractivity contribution in [3.63, 3.8) is 0 Å². The zero-order chi connectivity index (χ0) is 14.1. The van der Waals surface area contributed by atoms with E-state index in [1.165, 1.54) is 0 Å². The molecule has 5 heteroatoms. The van der Waals surface area contributed by atoms with Crippen LogP contribution in [-0.4, -0.2) is 49.6 Å². The zero-order valence-corrected chi connectivity index (χ0v) is 13.0. The number of para-hydroxylation sites is 1. The SMILES string of the molecule is CCN(CCOCCBr)C(=O)c1ccccc1OC. The van der Waals surface area contributed by atoms with E-state index in [9.17, 15) is 4.79 Å². The summed E-state index contributed by atoms with van der Waals surface area (Å²) in [6.07, 6.45) is 0. The summed E-state index contributed by atoms with van der Waals surface area (Å²) >= 11 is 3.30. The van der Waals surface area contributed by atoms with Crippen molar-refractivity contribution in [3.05, 3.63) is 29.8 Å². The standard InChI is InChI=1S/C14H20BrNO3/c1-3-16(9-11-19-10-8-15)14(17)12-6-4-5-7-13(12)18-2/h4-7H,3,8-11H2,1-2H3. The molecule has 0 bridgehead atoms. The number of benzene rings is 1. The molecule has 0 saturated heterocycles. The number of carbonyl (C=O) groups excluding carboxylic acids is 1. The van der Waals surface area contributed by atoms with Crippen molar-refractivity contribution >= 4 is 21.8 Å². The van der Waals surface area contributed by atoms with Crippen molar-refractivity contribution in [2.75, 3.05) is 38.7 Å². The Morgan fingerprint density at radius 2 is 2.05 bits per heavy atom. The maximum Gasteiger partial charge on any atom is 0.257 e. The Morgan fingerprint density at radius 3 is 2.68 bits per heavy atom. The summed E-state index contributed by atoms with van der Waals surface area (Å²) in [5.74, 6) is 0.578. The van der Waals surface area contributed by atoms with Crippen LogP contribution in [-0.2, 0) is 4.74 Å². The Morgan fingerprint density at radius 1 is 1.32 bits per heavy atom. The predicted molar refractivity (Wildman–Crippen MR) is 79.2 cm³/mol. The van der Waals surface area contributed by atoms with E-state index in [0.29, 0.717) is 37.6 Å². The monoisotopic (exact) mass is 329 g/mol. The molecule has 0 N–H and O–H groups in total. The van der Waals surface area contributed by atoms with Gasteiger partial charge in [-0.2, -0.15) is 0 Å². The number of rotatable bonds is 8. The minimum atomic E-state index is -0.0256. The summed E-state index contributed by atoms with van der Waals surface area (Å²) in [7, 11) is 1.57. The molecule has 4 nitrogen and oxygen atoms in total. The van der Waals surface area contributed by atoms with Crippen LogP contribution in [0.4, 0.5) is 0 Å². The van der Waals surface area contributed by atoms with Crippen molar-refractivity contribution in [3.8, 4) is 5.75 Å². The number of nitrogens with zero attached hydrogens (tertiary/aromatic N) is 1. The largest absolute Gasteiger partial charge is 0.496 e. The fourth-order valence-electron chi connectivity index (χ4n) is 1.73. The summed E-state index contributed by atoms with van der Waals surface area (Å²) in [5.41, 5.74) is 0.590. The third kappa shape index (κ3) is 4.84. The second-order valence-corrected chi connectivity index (χ2v) is 4.68. The first-order chi connectivity index (χ1) is 9.24. The molecule has 0 heterocycles. The summed E-state index contributed by atoms with van der Waals surface area (Å²) in [4.78, 5) is 14.2. The first-order valence-corrected chi connectivity index (χ1v) is 7.42. The van der Waals surface area contributed by atoms with Crippen LogP contribution in [0, 0.1) is 0 Å². The number of halogens is 1. The maximum atomic E-state index is 12.4. The molecule has 0 atom stereocenters. The van der Waals surface area contributed by atoms with Gasteiger partial charge in [-0.1, -0.05) is 28.1 Å². The molecule has 1 rings (SSSR count). The van der Waals surface area contributed by atoms with Gasteiger partial charge >= 0.3 is 0 Å². The molecular weight excluding hydrogens is 310 g/mol. The fourth-order valence-corrected chi connectivity index (χ4v) is 1.96. The second kappa shape index (κ2) is 8.93. The van der Waals surface area contributed by atoms with Gasteiger partial charge in [-0.25, -0.2) is 0 Å². The van der Waals surface area contributed by atoms with Crippen molar-refractivity contribution in [1.82, 2.24) is 4.90 Å². The third-order valence-electron chi connectivity index (χ3n) is 2.73. The van der Waals surface area contributed by atoms with Gasteiger partial charge < -0.3 is 14.4 Å². The molecule has 0 aliphatic carbocycles. The van der Waals surface area contributed by atoms with Crippen LogP contribution in [0.3, 0.4) is 0 Å². The quantitative estimate of drug-likeness (QED) is 0.543. The number of methoxy groups -OCH3 is 1. The lowest BCUT2D eigenvalue weighted by Crippen LogP contribution is -2.34. The Kier molecular flexibility index (Phi) is 7.52. The van der Waals surface area contributed by atoms with E-state index in [2.05, 4.69) is 15.9 Å². The van der Waals surface area contributed by atoms with Gasteiger partial charge in [-0.3, -0.25) is 4.79 Å². The highest BCUT2D eigenvalue weighted by molar-refractivity contribution is 9.09. The van der Waals surface area contributed by atoms with Crippen LogP contribution >= 0.6 is 15.9 Å². The summed E-state index contributed by atoms with van der Waals surface area (Å²) in [6, 6.07) is 7.27. The van der Waals surface area contributed by atoms with E-state index < -0.39 is 0 Å². The molecule has 0 aromatic heterocycles. The van der Waals surface area contributed by atoms with Gasteiger partial charge in [-0.05, 0) is 19.1 Å². The first kappa shape index (κ1) is 16.0. The number of hydrogen-bond acceptors (Lipinski definition) is 3. The van der Waals surface area contributed by atoms with Crippen LogP contribution < -0.4 is 4.74 Å².